The number of rotatable bonds is 9. The third-order valence-corrected chi connectivity index (χ3v) is 5.97. The minimum atomic E-state index is -6.04. The van der Waals surface area contributed by atoms with Gasteiger partial charge in [0.1, 0.15) is 23.0 Å². The van der Waals surface area contributed by atoms with Crippen LogP contribution in [-0.2, 0) is 11.6 Å². The molecule has 12 heteroatoms. The van der Waals surface area contributed by atoms with E-state index in [-0.39, 0.29) is 34.1 Å². The van der Waals surface area contributed by atoms with Gasteiger partial charge in [-0.1, -0.05) is 12.1 Å². The molecular weight excluding hydrogens is 558 g/mol. The lowest BCUT2D eigenvalue weighted by Gasteiger charge is -2.35. The Morgan fingerprint density at radius 3 is 1.07 bits per heavy atom. The van der Waals surface area contributed by atoms with E-state index in [1.165, 1.54) is 48.5 Å². The summed E-state index contributed by atoms with van der Waals surface area (Å²) in [4.78, 5) is 21.9. The van der Waals surface area contributed by atoms with Crippen LogP contribution in [0.15, 0.2) is 97.1 Å². The minimum Gasteiger partial charge on any atom is -0.478 e. The minimum absolute atomic E-state index is 0.0345. The van der Waals surface area contributed by atoms with Crippen molar-refractivity contribution < 1.29 is 55.6 Å². The van der Waals surface area contributed by atoms with Crippen molar-refractivity contribution >= 4 is 11.9 Å². The molecule has 0 saturated carbocycles. The molecule has 212 valence electrons. The lowest BCUT2D eigenvalue weighted by atomic mass is 9.84. The van der Waals surface area contributed by atoms with Gasteiger partial charge in [0.15, 0.2) is 0 Å². The first kappa shape index (κ1) is 29.0. The average Bonchev–Trinajstić information content (AvgIpc) is 2.93. The molecule has 1 unspecified atom stereocenters. The smallest absolute Gasteiger partial charge is 0.433 e. The number of carboxylic acid groups (broad SMARTS) is 2. The van der Waals surface area contributed by atoms with Gasteiger partial charge in [-0.15, -0.1) is 0 Å². The lowest BCUT2D eigenvalue weighted by Crippen LogP contribution is -2.51. The van der Waals surface area contributed by atoms with Gasteiger partial charge in [0.05, 0.1) is 11.1 Å². The first-order valence-corrected chi connectivity index (χ1v) is 11.6. The van der Waals surface area contributed by atoms with E-state index >= 15 is 13.2 Å². The van der Waals surface area contributed by atoms with Gasteiger partial charge in [-0.25, -0.2) is 14.0 Å². The summed E-state index contributed by atoms with van der Waals surface area (Å²) in [7, 11) is 0. The Balaban J connectivity index is 1.57. The molecule has 0 aliphatic rings. The molecule has 0 saturated heterocycles. The van der Waals surface area contributed by atoms with E-state index < -0.39 is 40.8 Å². The van der Waals surface area contributed by atoms with E-state index in [4.69, 9.17) is 19.7 Å². The summed E-state index contributed by atoms with van der Waals surface area (Å²) in [5.41, 5.74) is -7.85. The molecule has 41 heavy (non-hydrogen) atoms. The molecule has 1 atom stereocenters. The van der Waals surface area contributed by atoms with E-state index in [0.29, 0.717) is 24.3 Å². The van der Waals surface area contributed by atoms with E-state index in [9.17, 15) is 22.8 Å². The van der Waals surface area contributed by atoms with Gasteiger partial charge >= 0.3 is 24.0 Å². The summed E-state index contributed by atoms with van der Waals surface area (Å²) in [6, 6.07) is 15.9. The van der Waals surface area contributed by atoms with Crippen LogP contribution in [0.3, 0.4) is 0 Å². The molecule has 2 N–H and O–H groups in total. The van der Waals surface area contributed by atoms with E-state index in [1.807, 2.05) is 0 Å². The van der Waals surface area contributed by atoms with Crippen molar-refractivity contribution in [3.8, 4) is 23.0 Å². The summed E-state index contributed by atoms with van der Waals surface area (Å²) in [6.45, 7) is 0. The lowest BCUT2D eigenvalue weighted by molar-refractivity contribution is -0.314. The zero-order valence-electron chi connectivity index (χ0n) is 20.5. The molecule has 0 fully saturated rings. The molecule has 0 aliphatic carbocycles. The second-order valence-electron chi connectivity index (χ2n) is 8.64. The Labute approximate surface area is 228 Å². The topological polar surface area (TPSA) is 93.1 Å². The number of halogens is 6. The number of carbonyl (C=O) groups is 2. The molecule has 4 aromatic carbocycles. The maximum Gasteiger partial charge on any atom is 0.433 e. The van der Waals surface area contributed by atoms with Crippen LogP contribution in [0.25, 0.3) is 0 Å². The average molecular weight is 576 g/mol. The van der Waals surface area contributed by atoms with Crippen molar-refractivity contribution in [2.75, 3.05) is 0 Å². The number of benzene rings is 4. The molecule has 0 aliphatic heterocycles. The van der Waals surface area contributed by atoms with Crippen LogP contribution in [0.5, 0.6) is 23.0 Å². The van der Waals surface area contributed by atoms with Crippen LogP contribution >= 0.6 is 0 Å². The Morgan fingerprint density at radius 2 is 0.780 bits per heavy atom. The SMILES string of the molecule is O=C(O)c1ccc(Oc2ccc(C(F)(F)C(F)(c3ccc(Oc4ccc(C(=O)O)cc4)cc3)C(F)(F)F)cc2)cc1. The van der Waals surface area contributed by atoms with Crippen LogP contribution in [0.2, 0.25) is 0 Å². The second-order valence-corrected chi connectivity index (χ2v) is 8.64. The number of hydrogen-bond donors (Lipinski definition) is 2. The Hall–Kier alpha value is -5.00. The molecule has 0 radical (unpaired) electrons. The van der Waals surface area contributed by atoms with Gasteiger partial charge in [0.25, 0.3) is 5.67 Å². The molecule has 6 nitrogen and oxygen atoms in total. The monoisotopic (exact) mass is 576 g/mol. The maximum atomic E-state index is 15.7. The molecule has 4 rings (SSSR count). The summed E-state index contributed by atoms with van der Waals surface area (Å²) >= 11 is 0. The van der Waals surface area contributed by atoms with Crippen LogP contribution in [0, 0.1) is 0 Å². The van der Waals surface area contributed by atoms with Gasteiger partial charge in [-0.05, 0) is 84.9 Å². The molecule has 0 bridgehead atoms. The van der Waals surface area contributed by atoms with Crippen LogP contribution < -0.4 is 9.47 Å². The second kappa shape index (κ2) is 10.9. The number of hydrogen-bond acceptors (Lipinski definition) is 4. The summed E-state index contributed by atoms with van der Waals surface area (Å²) in [5, 5.41) is 17.9. The van der Waals surface area contributed by atoms with Crippen LogP contribution in [-0.4, -0.2) is 28.3 Å². The fourth-order valence-electron chi connectivity index (χ4n) is 3.81. The normalized spacial score (nSPS) is 13.2. The predicted octanol–water partition coefficient (Wildman–Crippen LogP) is 8.19. The van der Waals surface area contributed by atoms with E-state index in [2.05, 4.69) is 0 Å². The number of ether oxygens (including phenoxy) is 2. The fraction of sp³-hybridized carbons (Fsp3) is 0.103. The van der Waals surface area contributed by atoms with Crippen molar-refractivity contribution in [1.29, 1.82) is 0 Å². The molecule has 0 spiro atoms. The standard InChI is InChI=1S/C29H18F6O6/c30-27(29(33,34)35,19-5-13-23(14-6-19)40-21-9-1-17(2-10-21)25(36)37)28(31,32)20-7-15-24(16-8-20)41-22-11-3-18(4-12-22)26(38)39/h1-16H,(H,36,37)(H,38,39). The van der Waals surface area contributed by atoms with Crippen LogP contribution in [0.4, 0.5) is 26.3 Å². The highest BCUT2D eigenvalue weighted by molar-refractivity contribution is 5.88. The largest absolute Gasteiger partial charge is 0.478 e. The van der Waals surface area contributed by atoms with Crippen molar-refractivity contribution in [1.82, 2.24) is 0 Å². The zero-order valence-corrected chi connectivity index (χ0v) is 20.5. The summed E-state index contributed by atoms with van der Waals surface area (Å²) in [5.74, 6) is -7.40. The van der Waals surface area contributed by atoms with Crippen LogP contribution in [0.1, 0.15) is 31.8 Å². The number of carboxylic acids is 2. The Bertz CT molecular complexity index is 1530. The third-order valence-electron chi connectivity index (χ3n) is 5.97. The molecule has 0 amide bonds. The van der Waals surface area contributed by atoms with Gasteiger partial charge < -0.3 is 19.7 Å². The molecule has 0 aromatic heterocycles. The number of alkyl halides is 6. The molecule has 4 aromatic rings. The van der Waals surface area contributed by atoms with Crippen molar-refractivity contribution in [2.45, 2.75) is 17.8 Å². The first-order valence-electron chi connectivity index (χ1n) is 11.6. The Kier molecular flexibility index (Phi) is 7.69. The van der Waals surface area contributed by atoms with Gasteiger partial charge in [0, 0.05) is 11.1 Å². The highest BCUT2D eigenvalue weighted by Crippen LogP contribution is 2.57. The fourth-order valence-corrected chi connectivity index (χ4v) is 3.81. The van der Waals surface area contributed by atoms with Crippen molar-refractivity contribution in [3.63, 3.8) is 0 Å². The predicted molar refractivity (Wildman–Crippen MR) is 133 cm³/mol. The van der Waals surface area contributed by atoms with Crippen molar-refractivity contribution in [2.24, 2.45) is 0 Å². The summed E-state index contributed by atoms with van der Waals surface area (Å²) in [6.07, 6.45) is -6.04. The summed E-state index contributed by atoms with van der Waals surface area (Å²) < 4.78 is 99.1. The molecular formula is C29H18F6O6. The van der Waals surface area contributed by atoms with Gasteiger partial charge in [-0.3, -0.25) is 0 Å². The highest BCUT2D eigenvalue weighted by atomic mass is 19.4. The molecule has 0 heterocycles. The van der Waals surface area contributed by atoms with Gasteiger partial charge in [-0.2, -0.15) is 22.0 Å². The zero-order chi connectivity index (χ0) is 30.0. The Morgan fingerprint density at radius 1 is 0.488 bits per heavy atom. The first-order chi connectivity index (χ1) is 19.2. The van der Waals surface area contributed by atoms with E-state index in [1.54, 1.807) is 0 Å². The third kappa shape index (κ3) is 5.81. The maximum absolute atomic E-state index is 15.7. The quantitative estimate of drug-likeness (QED) is 0.195. The van der Waals surface area contributed by atoms with E-state index in [0.717, 1.165) is 24.3 Å². The highest BCUT2D eigenvalue weighted by Gasteiger charge is 2.72. The van der Waals surface area contributed by atoms with Crippen molar-refractivity contribution in [3.05, 3.63) is 119 Å². The number of aromatic carboxylic acids is 2. The van der Waals surface area contributed by atoms with Gasteiger partial charge in [0.2, 0.25) is 0 Å².